The molecule has 19 heavy (non-hydrogen) atoms. The molecule has 0 spiro atoms. The number of hydrogen-bond donors (Lipinski definition) is 0. The molecule has 0 aliphatic heterocycles. The number of methoxy groups -OCH3 is 1. The van der Waals surface area contributed by atoms with Gasteiger partial charge in [-0.05, 0) is 18.4 Å². The van der Waals surface area contributed by atoms with Crippen LogP contribution in [-0.4, -0.2) is 42.9 Å². The topological polar surface area (TPSA) is 29.5 Å². The number of hydrogen-bond acceptors (Lipinski definition) is 2. The Hall–Kier alpha value is -0.870. The van der Waals surface area contributed by atoms with Crippen LogP contribution < -0.4 is 0 Å². The summed E-state index contributed by atoms with van der Waals surface area (Å²) in [5, 5.41) is 0. The van der Waals surface area contributed by atoms with Crippen LogP contribution in [0.5, 0.6) is 0 Å². The fourth-order valence-corrected chi connectivity index (χ4v) is 3.19. The highest BCUT2D eigenvalue weighted by Crippen LogP contribution is 2.49. The predicted molar refractivity (Wildman–Crippen MR) is 79.6 cm³/mol. The summed E-state index contributed by atoms with van der Waals surface area (Å²) >= 11 is 3.53. The van der Waals surface area contributed by atoms with Gasteiger partial charge in [0.2, 0.25) is 5.91 Å². The molecule has 2 rings (SSSR count). The van der Waals surface area contributed by atoms with E-state index in [2.05, 4.69) is 28.1 Å². The van der Waals surface area contributed by atoms with Crippen LogP contribution in [0.25, 0.3) is 0 Å². The molecule has 0 aromatic heterocycles. The molecule has 1 aliphatic carbocycles. The maximum Gasteiger partial charge on any atom is 0.233 e. The summed E-state index contributed by atoms with van der Waals surface area (Å²) in [5.41, 5.74) is 0.875. The Morgan fingerprint density at radius 1 is 1.42 bits per heavy atom. The molecule has 1 aromatic rings. The zero-order valence-corrected chi connectivity index (χ0v) is 13.0. The number of rotatable bonds is 6. The molecule has 1 aromatic carbocycles. The first-order chi connectivity index (χ1) is 9.10. The fraction of sp³-hybridized carbons (Fsp3) is 0.533. The Kier molecular flexibility index (Phi) is 4.63. The van der Waals surface area contributed by atoms with Crippen molar-refractivity contribution in [2.75, 3.05) is 27.3 Å². The SMILES string of the molecule is COCC(Br)CN(C)C(=O)C1(c2ccccc2)CC1. The molecule has 0 N–H and O–H groups in total. The Bertz CT molecular complexity index is 431. The van der Waals surface area contributed by atoms with Crippen molar-refractivity contribution in [1.82, 2.24) is 4.90 Å². The molecule has 0 saturated heterocycles. The number of nitrogens with zero attached hydrogens (tertiary/aromatic N) is 1. The van der Waals surface area contributed by atoms with E-state index in [1.165, 1.54) is 0 Å². The van der Waals surface area contributed by atoms with Crippen molar-refractivity contribution in [3.8, 4) is 0 Å². The van der Waals surface area contributed by atoms with E-state index >= 15 is 0 Å². The first-order valence-corrected chi connectivity index (χ1v) is 7.46. The van der Waals surface area contributed by atoms with Crippen molar-refractivity contribution in [2.45, 2.75) is 23.1 Å². The van der Waals surface area contributed by atoms with Crippen LogP contribution in [0.1, 0.15) is 18.4 Å². The summed E-state index contributed by atoms with van der Waals surface area (Å²) in [5.74, 6) is 0.222. The second-order valence-corrected chi connectivity index (χ2v) is 6.48. The van der Waals surface area contributed by atoms with E-state index in [9.17, 15) is 4.79 Å². The maximum absolute atomic E-state index is 12.6. The van der Waals surface area contributed by atoms with Gasteiger partial charge in [0.05, 0.1) is 16.8 Å². The molecule has 1 amide bonds. The van der Waals surface area contributed by atoms with E-state index in [4.69, 9.17) is 4.74 Å². The average Bonchev–Trinajstić information content (AvgIpc) is 3.20. The van der Waals surface area contributed by atoms with E-state index in [1.807, 2.05) is 30.1 Å². The molecular formula is C15H20BrNO2. The predicted octanol–water partition coefficient (Wildman–Crippen LogP) is 2.59. The van der Waals surface area contributed by atoms with Gasteiger partial charge in [-0.2, -0.15) is 0 Å². The van der Waals surface area contributed by atoms with Crippen molar-refractivity contribution in [2.24, 2.45) is 0 Å². The van der Waals surface area contributed by atoms with Crippen LogP contribution in [-0.2, 0) is 14.9 Å². The smallest absolute Gasteiger partial charge is 0.233 e. The van der Waals surface area contributed by atoms with Gasteiger partial charge in [-0.15, -0.1) is 0 Å². The zero-order valence-electron chi connectivity index (χ0n) is 11.4. The molecule has 1 fully saturated rings. The van der Waals surface area contributed by atoms with E-state index in [-0.39, 0.29) is 16.1 Å². The average molecular weight is 326 g/mol. The molecular weight excluding hydrogens is 306 g/mol. The highest BCUT2D eigenvalue weighted by Gasteiger charge is 2.52. The fourth-order valence-electron chi connectivity index (χ4n) is 2.49. The van der Waals surface area contributed by atoms with Gasteiger partial charge < -0.3 is 9.64 Å². The molecule has 0 bridgehead atoms. The number of carbonyl (C=O) groups is 1. The summed E-state index contributed by atoms with van der Waals surface area (Å²) in [4.78, 5) is 14.6. The number of benzene rings is 1. The Morgan fingerprint density at radius 2 is 2.05 bits per heavy atom. The lowest BCUT2D eigenvalue weighted by Crippen LogP contribution is -2.40. The van der Waals surface area contributed by atoms with Gasteiger partial charge in [-0.25, -0.2) is 0 Å². The van der Waals surface area contributed by atoms with E-state index < -0.39 is 0 Å². The zero-order chi connectivity index (χ0) is 13.9. The van der Waals surface area contributed by atoms with Gasteiger partial charge in [0.1, 0.15) is 0 Å². The van der Waals surface area contributed by atoms with Gasteiger partial charge >= 0.3 is 0 Å². The minimum Gasteiger partial charge on any atom is -0.383 e. The van der Waals surface area contributed by atoms with Crippen LogP contribution in [0.3, 0.4) is 0 Å². The highest BCUT2D eigenvalue weighted by atomic mass is 79.9. The molecule has 4 heteroatoms. The summed E-state index contributed by atoms with van der Waals surface area (Å²) in [6.07, 6.45) is 1.91. The summed E-state index contributed by atoms with van der Waals surface area (Å²) in [6.45, 7) is 1.28. The maximum atomic E-state index is 12.6. The highest BCUT2D eigenvalue weighted by molar-refractivity contribution is 9.09. The first-order valence-electron chi connectivity index (χ1n) is 6.54. The lowest BCUT2D eigenvalue weighted by Gasteiger charge is -2.25. The number of alkyl halides is 1. The molecule has 1 atom stereocenters. The lowest BCUT2D eigenvalue weighted by atomic mass is 9.94. The Labute approximate surface area is 123 Å². The summed E-state index contributed by atoms with van der Waals surface area (Å²) in [6, 6.07) is 10.1. The molecule has 1 saturated carbocycles. The van der Waals surface area contributed by atoms with Gasteiger partial charge in [0.25, 0.3) is 0 Å². The van der Waals surface area contributed by atoms with Crippen LogP contribution in [0.15, 0.2) is 30.3 Å². The van der Waals surface area contributed by atoms with Gasteiger partial charge in [0, 0.05) is 20.7 Å². The second kappa shape index (κ2) is 6.06. The number of amides is 1. The second-order valence-electron chi connectivity index (χ2n) is 5.19. The van der Waals surface area contributed by atoms with Crippen molar-refractivity contribution < 1.29 is 9.53 Å². The minimum atomic E-state index is -0.268. The van der Waals surface area contributed by atoms with E-state index in [0.717, 1.165) is 18.4 Å². The van der Waals surface area contributed by atoms with E-state index in [1.54, 1.807) is 7.11 Å². The monoisotopic (exact) mass is 325 g/mol. The molecule has 104 valence electrons. The number of carbonyl (C=O) groups excluding carboxylic acids is 1. The Morgan fingerprint density at radius 3 is 2.58 bits per heavy atom. The summed E-state index contributed by atoms with van der Waals surface area (Å²) in [7, 11) is 3.54. The van der Waals surface area contributed by atoms with Crippen LogP contribution >= 0.6 is 15.9 Å². The quantitative estimate of drug-likeness (QED) is 0.752. The van der Waals surface area contributed by atoms with Crippen LogP contribution in [0.2, 0.25) is 0 Å². The molecule has 3 nitrogen and oxygen atoms in total. The minimum absolute atomic E-state index is 0.179. The van der Waals surface area contributed by atoms with E-state index in [0.29, 0.717) is 13.2 Å². The summed E-state index contributed by atoms with van der Waals surface area (Å²) < 4.78 is 5.09. The normalized spacial score (nSPS) is 17.8. The largest absolute Gasteiger partial charge is 0.383 e. The number of halogens is 1. The van der Waals surface area contributed by atoms with Crippen LogP contribution in [0.4, 0.5) is 0 Å². The van der Waals surface area contributed by atoms with Crippen molar-refractivity contribution in [3.05, 3.63) is 35.9 Å². The third kappa shape index (κ3) is 3.18. The van der Waals surface area contributed by atoms with Crippen molar-refractivity contribution in [1.29, 1.82) is 0 Å². The number of ether oxygens (including phenoxy) is 1. The molecule has 0 heterocycles. The third-order valence-corrected chi connectivity index (χ3v) is 4.21. The van der Waals surface area contributed by atoms with Crippen molar-refractivity contribution >= 4 is 21.8 Å². The third-order valence-electron chi connectivity index (χ3n) is 3.65. The molecule has 1 unspecified atom stereocenters. The number of likely N-dealkylation sites (N-methyl/N-ethyl adjacent to an activating group) is 1. The van der Waals surface area contributed by atoms with Crippen molar-refractivity contribution in [3.63, 3.8) is 0 Å². The standard InChI is InChI=1S/C15H20BrNO2/c1-17(10-13(16)11-19-2)14(18)15(8-9-15)12-6-4-3-5-7-12/h3-7,13H,8-11H2,1-2H3. The van der Waals surface area contributed by atoms with Gasteiger partial charge in [0.15, 0.2) is 0 Å². The molecule has 0 radical (unpaired) electrons. The van der Waals surface area contributed by atoms with Crippen LogP contribution in [0, 0.1) is 0 Å². The molecule has 1 aliphatic rings. The Balaban J connectivity index is 2.03. The van der Waals surface area contributed by atoms with Gasteiger partial charge in [-0.1, -0.05) is 46.3 Å². The lowest BCUT2D eigenvalue weighted by molar-refractivity contribution is -0.132. The van der Waals surface area contributed by atoms with Gasteiger partial charge in [-0.3, -0.25) is 4.79 Å². The first kappa shape index (κ1) is 14.5.